The highest BCUT2D eigenvalue weighted by Gasteiger charge is 2.15. The molecule has 1 amide bonds. The molecule has 0 aliphatic carbocycles. The summed E-state index contributed by atoms with van der Waals surface area (Å²) < 4.78 is 4.90. The van der Waals surface area contributed by atoms with Gasteiger partial charge in [-0.25, -0.2) is 4.98 Å². The van der Waals surface area contributed by atoms with Gasteiger partial charge in [-0.15, -0.1) is 0 Å². The molecule has 0 spiro atoms. The summed E-state index contributed by atoms with van der Waals surface area (Å²) in [7, 11) is 1.45. The Morgan fingerprint density at radius 2 is 2.40 bits per heavy atom. The predicted molar refractivity (Wildman–Crippen MR) is 57.5 cm³/mol. The highest BCUT2D eigenvalue weighted by atomic mass is 16.5. The first kappa shape index (κ1) is 11.6. The van der Waals surface area contributed by atoms with Crippen molar-refractivity contribution in [2.75, 3.05) is 19.0 Å². The molecule has 1 atom stereocenters. The average Bonchev–Trinajstić information content (AvgIpc) is 2.19. The van der Waals surface area contributed by atoms with Crippen LogP contribution in [0.4, 0.5) is 5.82 Å². The molecule has 1 heterocycles. The van der Waals surface area contributed by atoms with Gasteiger partial charge in [0.05, 0.1) is 0 Å². The van der Waals surface area contributed by atoms with Gasteiger partial charge in [-0.3, -0.25) is 4.79 Å². The molecular formula is C10H15N3O2. The van der Waals surface area contributed by atoms with Crippen LogP contribution in [0.1, 0.15) is 5.69 Å². The van der Waals surface area contributed by atoms with Crippen molar-refractivity contribution in [2.24, 2.45) is 5.73 Å². The van der Waals surface area contributed by atoms with Gasteiger partial charge in [-0.05, 0) is 19.1 Å². The monoisotopic (exact) mass is 209 g/mol. The second-order valence-electron chi connectivity index (χ2n) is 3.11. The molecular weight excluding hydrogens is 194 g/mol. The summed E-state index contributed by atoms with van der Waals surface area (Å²) >= 11 is 0. The molecule has 0 aliphatic rings. The van der Waals surface area contributed by atoms with E-state index in [2.05, 4.69) is 10.3 Å². The number of methoxy groups -OCH3 is 1. The molecule has 15 heavy (non-hydrogen) atoms. The van der Waals surface area contributed by atoms with Gasteiger partial charge in [0.2, 0.25) is 0 Å². The molecule has 0 bridgehead atoms. The van der Waals surface area contributed by atoms with Crippen LogP contribution in [0, 0.1) is 6.92 Å². The van der Waals surface area contributed by atoms with E-state index in [9.17, 15) is 4.79 Å². The van der Waals surface area contributed by atoms with Crippen LogP contribution in [0.25, 0.3) is 0 Å². The summed E-state index contributed by atoms with van der Waals surface area (Å²) in [6, 6.07) is 5.39. The van der Waals surface area contributed by atoms with Gasteiger partial charge >= 0.3 is 0 Å². The molecule has 5 heteroatoms. The lowest BCUT2D eigenvalue weighted by Gasteiger charge is -2.12. The molecule has 0 saturated carbocycles. The number of nitrogens with zero attached hydrogens (tertiary/aromatic N) is 1. The number of carbonyl (C=O) groups excluding carboxylic acids is 1. The molecule has 1 aromatic heterocycles. The summed E-state index contributed by atoms with van der Waals surface area (Å²) in [4.78, 5) is 15.7. The molecule has 3 N–H and O–H groups in total. The first-order valence-corrected chi connectivity index (χ1v) is 4.64. The van der Waals surface area contributed by atoms with Crippen molar-refractivity contribution in [3.8, 4) is 0 Å². The highest BCUT2D eigenvalue weighted by molar-refractivity contribution is 5.93. The Labute approximate surface area is 88.6 Å². The zero-order valence-corrected chi connectivity index (χ0v) is 8.86. The average molecular weight is 209 g/mol. The van der Waals surface area contributed by atoms with E-state index in [4.69, 9.17) is 10.5 Å². The largest absolute Gasteiger partial charge is 0.370 e. The van der Waals surface area contributed by atoms with Crippen molar-refractivity contribution in [1.82, 2.24) is 4.98 Å². The van der Waals surface area contributed by atoms with E-state index in [1.165, 1.54) is 7.11 Å². The summed E-state index contributed by atoms with van der Waals surface area (Å²) in [6.45, 7) is 2.00. The summed E-state index contributed by atoms with van der Waals surface area (Å²) in [5.74, 6) is 0.230. The van der Waals surface area contributed by atoms with E-state index in [1.807, 2.05) is 19.1 Å². The second-order valence-corrected chi connectivity index (χ2v) is 3.11. The molecule has 82 valence electrons. The number of hydrogen-bond acceptors (Lipinski definition) is 4. The molecule has 0 aromatic carbocycles. The molecule has 1 unspecified atom stereocenters. The third-order valence-electron chi connectivity index (χ3n) is 1.93. The minimum Gasteiger partial charge on any atom is -0.370 e. The van der Waals surface area contributed by atoms with Crippen molar-refractivity contribution in [2.45, 2.75) is 13.0 Å². The fourth-order valence-corrected chi connectivity index (χ4v) is 1.13. The minimum atomic E-state index is -0.632. The number of hydrogen-bond donors (Lipinski definition) is 2. The van der Waals surface area contributed by atoms with E-state index in [-0.39, 0.29) is 12.5 Å². The quantitative estimate of drug-likeness (QED) is 0.747. The van der Waals surface area contributed by atoms with E-state index in [0.29, 0.717) is 5.82 Å². The van der Waals surface area contributed by atoms with Gasteiger partial charge in [0.15, 0.2) is 0 Å². The number of aromatic nitrogens is 1. The van der Waals surface area contributed by atoms with E-state index < -0.39 is 6.10 Å². The molecule has 5 nitrogen and oxygen atoms in total. The fourth-order valence-electron chi connectivity index (χ4n) is 1.13. The van der Waals surface area contributed by atoms with Gasteiger partial charge < -0.3 is 15.8 Å². The molecule has 1 aromatic rings. The van der Waals surface area contributed by atoms with Crippen LogP contribution in [0.5, 0.6) is 0 Å². The fraction of sp³-hybridized carbons (Fsp3) is 0.400. The molecule has 0 aliphatic heterocycles. The highest BCUT2D eigenvalue weighted by Crippen LogP contribution is 2.04. The number of nitrogens with one attached hydrogen (secondary N) is 1. The number of ether oxygens (including phenoxy) is 1. The van der Waals surface area contributed by atoms with Crippen LogP contribution in [0.2, 0.25) is 0 Å². The van der Waals surface area contributed by atoms with Crippen LogP contribution in [0.3, 0.4) is 0 Å². The number of rotatable bonds is 4. The number of amides is 1. The van der Waals surface area contributed by atoms with E-state index >= 15 is 0 Å². The Morgan fingerprint density at radius 3 is 2.93 bits per heavy atom. The van der Waals surface area contributed by atoms with Crippen molar-refractivity contribution in [1.29, 1.82) is 0 Å². The van der Waals surface area contributed by atoms with Crippen LogP contribution in [-0.2, 0) is 9.53 Å². The first-order valence-electron chi connectivity index (χ1n) is 4.64. The van der Waals surface area contributed by atoms with Crippen molar-refractivity contribution >= 4 is 11.7 Å². The van der Waals surface area contributed by atoms with Gasteiger partial charge in [0, 0.05) is 19.3 Å². The second kappa shape index (κ2) is 5.43. The molecule has 0 fully saturated rings. The third-order valence-corrected chi connectivity index (χ3v) is 1.93. The molecule has 1 rings (SSSR count). The van der Waals surface area contributed by atoms with Gasteiger partial charge in [0.25, 0.3) is 5.91 Å². The van der Waals surface area contributed by atoms with Gasteiger partial charge in [0.1, 0.15) is 11.9 Å². The number of pyridine rings is 1. The first-order chi connectivity index (χ1) is 7.17. The SMILES string of the molecule is COC(CN)C(=O)Nc1cccc(C)n1. The topological polar surface area (TPSA) is 77.2 Å². The standard InChI is InChI=1S/C10H15N3O2/c1-7-4-3-5-9(12-7)13-10(14)8(6-11)15-2/h3-5,8H,6,11H2,1-2H3,(H,12,13,14). The Kier molecular flexibility index (Phi) is 4.20. The maximum Gasteiger partial charge on any atom is 0.255 e. The normalized spacial score (nSPS) is 12.2. The number of aryl methyl sites for hydroxylation is 1. The lowest BCUT2D eigenvalue weighted by molar-refractivity contribution is -0.125. The van der Waals surface area contributed by atoms with Crippen LogP contribution in [0.15, 0.2) is 18.2 Å². The smallest absolute Gasteiger partial charge is 0.255 e. The van der Waals surface area contributed by atoms with Crippen LogP contribution >= 0.6 is 0 Å². The maximum atomic E-state index is 11.5. The van der Waals surface area contributed by atoms with Gasteiger partial charge in [-0.2, -0.15) is 0 Å². The van der Waals surface area contributed by atoms with Crippen molar-refractivity contribution in [3.05, 3.63) is 23.9 Å². The number of nitrogens with two attached hydrogens (primary N) is 1. The maximum absolute atomic E-state index is 11.5. The Balaban J connectivity index is 2.65. The summed E-state index contributed by atoms with van der Waals surface area (Å²) in [6.07, 6.45) is -0.632. The van der Waals surface area contributed by atoms with Crippen molar-refractivity contribution < 1.29 is 9.53 Å². The Morgan fingerprint density at radius 1 is 1.67 bits per heavy atom. The predicted octanol–water partition coefficient (Wildman–Crippen LogP) is 0.302. The lowest BCUT2D eigenvalue weighted by Crippen LogP contribution is -2.36. The molecule has 0 saturated heterocycles. The minimum absolute atomic E-state index is 0.147. The van der Waals surface area contributed by atoms with E-state index in [1.54, 1.807) is 6.07 Å². The summed E-state index contributed by atoms with van der Waals surface area (Å²) in [5, 5.41) is 2.63. The van der Waals surface area contributed by atoms with E-state index in [0.717, 1.165) is 5.69 Å². The van der Waals surface area contributed by atoms with Crippen molar-refractivity contribution in [3.63, 3.8) is 0 Å². The number of carbonyl (C=O) groups is 1. The lowest BCUT2D eigenvalue weighted by atomic mass is 10.3. The number of anilines is 1. The zero-order valence-electron chi connectivity index (χ0n) is 8.86. The zero-order chi connectivity index (χ0) is 11.3. The Hall–Kier alpha value is -1.46. The van der Waals surface area contributed by atoms with Crippen LogP contribution in [-0.4, -0.2) is 30.6 Å². The van der Waals surface area contributed by atoms with Crippen LogP contribution < -0.4 is 11.1 Å². The Bertz CT molecular complexity index is 337. The third kappa shape index (κ3) is 3.30. The summed E-state index contributed by atoms with van der Waals surface area (Å²) in [5.41, 5.74) is 6.20. The molecule has 0 radical (unpaired) electrons. The van der Waals surface area contributed by atoms with Gasteiger partial charge in [-0.1, -0.05) is 6.07 Å².